The Morgan fingerprint density at radius 3 is 1.78 bits per heavy atom. The van der Waals surface area contributed by atoms with Crippen molar-refractivity contribution in [1.29, 1.82) is 0 Å². The number of halogens is 6. The number of carbonyl (C=O) groups excluding carboxylic acids is 4. The molecule has 1 fully saturated rings. The van der Waals surface area contributed by atoms with Crippen molar-refractivity contribution in [3.8, 4) is 0 Å². The molecule has 1 saturated heterocycles. The van der Waals surface area contributed by atoms with Gasteiger partial charge in [-0.05, 0) is 58.8 Å². The fourth-order valence-corrected chi connectivity index (χ4v) is 5.16. The summed E-state index contributed by atoms with van der Waals surface area (Å²) >= 11 is 0. The third kappa shape index (κ3) is 10.4. The number of ketones is 2. The molecule has 0 spiro atoms. The molecule has 2 amide bonds. The van der Waals surface area contributed by atoms with Crippen LogP contribution in [-0.2, 0) is 26.7 Å². The summed E-state index contributed by atoms with van der Waals surface area (Å²) in [6.07, 6.45) is -10.5. The average molecular weight is 768 g/mol. The summed E-state index contributed by atoms with van der Waals surface area (Å²) in [6, 6.07) is 9.96. The van der Waals surface area contributed by atoms with Gasteiger partial charge in [-0.15, -0.1) is 0 Å². The largest absolute Gasteiger partial charge is 0.480 e. The van der Waals surface area contributed by atoms with E-state index >= 15 is 0 Å². The lowest BCUT2D eigenvalue weighted by molar-refractivity contribution is -0.160. The normalized spacial score (nSPS) is 15.1. The van der Waals surface area contributed by atoms with E-state index in [0.29, 0.717) is 0 Å². The van der Waals surface area contributed by atoms with E-state index in [2.05, 4.69) is 45.3 Å². The zero-order valence-electron chi connectivity index (χ0n) is 27.4. The SMILES string of the molecule is O=C(O)CN1CCN(C(=O)CNC(=O)c2ccc(Nc3noc(C(F)(F)F)n3)cc2)C[C@@H]1CC(=O)CC(=O)c1ccc(Nc2noc(C(F)(F)F)n2)cc1. The Morgan fingerprint density at radius 2 is 1.30 bits per heavy atom. The predicted octanol–water partition coefficient (Wildman–Crippen LogP) is 3.54. The molecule has 1 aliphatic heterocycles. The van der Waals surface area contributed by atoms with E-state index in [1.165, 1.54) is 58.3 Å². The molecule has 0 aliphatic carbocycles. The van der Waals surface area contributed by atoms with Crippen molar-refractivity contribution < 1.29 is 64.5 Å². The number of anilines is 4. The Morgan fingerprint density at radius 1 is 0.778 bits per heavy atom. The number of aromatic nitrogens is 4. The number of nitrogens with zero attached hydrogens (tertiary/aromatic N) is 6. The third-order valence-electron chi connectivity index (χ3n) is 7.72. The van der Waals surface area contributed by atoms with Gasteiger partial charge in [-0.1, -0.05) is 0 Å². The number of aliphatic carboxylic acids is 1. The van der Waals surface area contributed by atoms with Gasteiger partial charge in [0.25, 0.3) is 17.8 Å². The number of Topliss-reactive ketones (excluding diaryl/α,β-unsaturated/α-hetero) is 2. The van der Waals surface area contributed by atoms with Gasteiger partial charge in [0.15, 0.2) is 5.78 Å². The highest BCUT2D eigenvalue weighted by molar-refractivity contribution is 6.08. The monoisotopic (exact) mass is 767 g/mol. The first-order valence-electron chi connectivity index (χ1n) is 15.6. The average Bonchev–Trinajstić information content (AvgIpc) is 3.79. The lowest BCUT2D eigenvalue weighted by atomic mass is 9.99. The van der Waals surface area contributed by atoms with Crippen molar-refractivity contribution >= 4 is 52.6 Å². The minimum absolute atomic E-state index is 0.0798. The molecule has 2 aromatic heterocycles. The standard InChI is InChI=1S/C31H27F6N9O8/c32-30(33,34)26-41-28(43-53-26)39-18-5-1-16(2-6-18)22(48)12-21(47)11-20-14-46(10-9-45(20)15-24(50)51)23(49)13-38-25(52)17-3-7-19(8-4-17)40-29-42-27(54-44-29)31(35,36)37/h1-8,20H,9-15H2,(H,38,52)(H,39,43)(H,40,44)(H,50,51)/t20-/m0/s1. The number of benzene rings is 2. The Labute approximate surface area is 298 Å². The van der Waals surface area contributed by atoms with Gasteiger partial charge < -0.3 is 35.0 Å². The Bertz CT molecular complexity index is 2000. The minimum Gasteiger partial charge on any atom is -0.480 e. The number of carbonyl (C=O) groups is 5. The molecule has 1 aliphatic rings. The predicted molar refractivity (Wildman–Crippen MR) is 169 cm³/mol. The van der Waals surface area contributed by atoms with E-state index in [1.807, 2.05) is 0 Å². The second-order valence-corrected chi connectivity index (χ2v) is 11.6. The quantitative estimate of drug-likeness (QED) is 0.0818. The van der Waals surface area contributed by atoms with Gasteiger partial charge in [0.05, 0.1) is 19.5 Å². The molecular formula is C31H27F6N9O8. The fraction of sp³-hybridized carbons (Fsp3) is 0.323. The lowest BCUT2D eigenvalue weighted by Gasteiger charge is -2.40. The van der Waals surface area contributed by atoms with E-state index in [0.717, 1.165) is 0 Å². The highest BCUT2D eigenvalue weighted by Crippen LogP contribution is 2.30. The number of hydrogen-bond donors (Lipinski definition) is 4. The number of piperazine rings is 1. The van der Waals surface area contributed by atoms with Crippen LogP contribution in [0.3, 0.4) is 0 Å². The maximum absolute atomic E-state index is 13.0. The summed E-state index contributed by atoms with van der Waals surface area (Å²) in [5, 5.41) is 23.2. The first-order chi connectivity index (χ1) is 25.4. The van der Waals surface area contributed by atoms with Crippen molar-refractivity contribution in [1.82, 2.24) is 35.4 Å². The Hall–Kier alpha value is -6.39. The fourth-order valence-electron chi connectivity index (χ4n) is 5.16. The van der Waals surface area contributed by atoms with E-state index < -0.39 is 90.9 Å². The summed E-state index contributed by atoms with van der Waals surface area (Å²) in [6.45, 7) is -0.816. The van der Waals surface area contributed by atoms with Gasteiger partial charge in [-0.2, -0.15) is 36.3 Å². The van der Waals surface area contributed by atoms with E-state index in [9.17, 15) is 55.4 Å². The Balaban J connectivity index is 1.11. The molecule has 23 heteroatoms. The minimum atomic E-state index is -4.83. The smallest absolute Gasteiger partial charge is 0.471 e. The second kappa shape index (κ2) is 16.1. The first-order valence-corrected chi connectivity index (χ1v) is 15.6. The van der Waals surface area contributed by atoms with Gasteiger partial charge in [0.1, 0.15) is 5.78 Å². The number of hydrogen-bond acceptors (Lipinski definition) is 14. The van der Waals surface area contributed by atoms with Crippen LogP contribution in [0.1, 0.15) is 45.3 Å². The van der Waals surface area contributed by atoms with Gasteiger partial charge in [0, 0.05) is 54.6 Å². The molecule has 0 radical (unpaired) electrons. The third-order valence-corrected chi connectivity index (χ3v) is 7.72. The molecule has 1 atom stereocenters. The highest BCUT2D eigenvalue weighted by Gasteiger charge is 2.39. The number of alkyl halides is 6. The molecule has 0 saturated carbocycles. The van der Waals surface area contributed by atoms with Gasteiger partial charge in [-0.25, -0.2) is 0 Å². The van der Waals surface area contributed by atoms with E-state index in [-0.39, 0.29) is 48.6 Å². The van der Waals surface area contributed by atoms with Crippen molar-refractivity contribution in [3.05, 3.63) is 71.4 Å². The van der Waals surface area contributed by atoms with E-state index in [4.69, 9.17) is 0 Å². The molecule has 4 N–H and O–H groups in total. The lowest BCUT2D eigenvalue weighted by Crippen LogP contribution is -2.57. The van der Waals surface area contributed by atoms with Crippen LogP contribution < -0.4 is 16.0 Å². The van der Waals surface area contributed by atoms with Crippen LogP contribution >= 0.6 is 0 Å². The summed E-state index contributed by atoms with van der Waals surface area (Å²) in [7, 11) is 0. The van der Waals surface area contributed by atoms with Gasteiger partial charge in [0.2, 0.25) is 5.91 Å². The zero-order valence-corrected chi connectivity index (χ0v) is 27.4. The number of carboxylic acids is 1. The maximum Gasteiger partial charge on any atom is 0.471 e. The topological polar surface area (TPSA) is 226 Å². The van der Waals surface area contributed by atoms with Crippen LogP contribution in [0.4, 0.5) is 49.6 Å². The highest BCUT2D eigenvalue weighted by atomic mass is 19.4. The molecule has 2 aromatic carbocycles. The molecule has 286 valence electrons. The molecule has 5 rings (SSSR count). The first kappa shape index (κ1) is 38.8. The molecular weight excluding hydrogens is 740 g/mol. The van der Waals surface area contributed by atoms with Crippen LogP contribution in [0.2, 0.25) is 0 Å². The molecule has 0 unspecified atom stereocenters. The molecule has 3 heterocycles. The van der Waals surface area contributed by atoms with Crippen LogP contribution in [0.25, 0.3) is 0 Å². The van der Waals surface area contributed by atoms with Crippen LogP contribution in [0.5, 0.6) is 0 Å². The van der Waals surface area contributed by atoms with Crippen LogP contribution in [0, 0.1) is 0 Å². The summed E-state index contributed by atoms with van der Waals surface area (Å²) in [5.41, 5.74) is 0.670. The van der Waals surface area contributed by atoms with Crippen LogP contribution in [-0.4, -0.2) is 103 Å². The van der Waals surface area contributed by atoms with Crippen molar-refractivity contribution in [2.45, 2.75) is 31.2 Å². The number of amides is 2. The number of carboxylic acid groups (broad SMARTS) is 1. The molecule has 0 bridgehead atoms. The summed E-state index contributed by atoms with van der Waals surface area (Å²) in [5.74, 6) is -7.52. The van der Waals surface area contributed by atoms with Crippen molar-refractivity contribution in [2.24, 2.45) is 0 Å². The van der Waals surface area contributed by atoms with Gasteiger partial charge in [-0.3, -0.25) is 28.9 Å². The van der Waals surface area contributed by atoms with Crippen LogP contribution in [0.15, 0.2) is 57.6 Å². The zero-order chi connectivity index (χ0) is 39.2. The summed E-state index contributed by atoms with van der Waals surface area (Å²) in [4.78, 5) is 72.2. The molecule has 54 heavy (non-hydrogen) atoms. The summed E-state index contributed by atoms with van der Waals surface area (Å²) < 4.78 is 84.3. The number of nitrogens with one attached hydrogen (secondary N) is 3. The van der Waals surface area contributed by atoms with Gasteiger partial charge >= 0.3 is 30.1 Å². The second-order valence-electron chi connectivity index (χ2n) is 11.6. The van der Waals surface area contributed by atoms with Crippen molar-refractivity contribution in [3.63, 3.8) is 0 Å². The molecule has 17 nitrogen and oxygen atoms in total. The van der Waals surface area contributed by atoms with Crippen molar-refractivity contribution in [2.75, 3.05) is 43.4 Å². The number of rotatable bonds is 14. The Kier molecular flexibility index (Phi) is 11.6. The molecule has 4 aromatic rings. The maximum atomic E-state index is 13.0. The van der Waals surface area contributed by atoms with E-state index in [1.54, 1.807) is 0 Å².